The lowest BCUT2D eigenvalue weighted by Crippen LogP contribution is -2.47. The summed E-state index contributed by atoms with van der Waals surface area (Å²) in [6, 6.07) is 0. The molecule has 2 nitrogen and oxygen atoms in total. The maximum atomic E-state index is 13.1. The lowest BCUT2D eigenvalue weighted by atomic mass is 9.75. The van der Waals surface area contributed by atoms with Crippen LogP contribution in [0.3, 0.4) is 0 Å². The summed E-state index contributed by atoms with van der Waals surface area (Å²) in [5, 5.41) is 0.141. The summed E-state index contributed by atoms with van der Waals surface area (Å²) in [5.74, 6) is -0.0683. The highest BCUT2D eigenvalue weighted by atomic mass is 35.5. The molecule has 6 atom stereocenters. The van der Waals surface area contributed by atoms with Crippen molar-refractivity contribution in [3.05, 3.63) is 10.1 Å². The molecule has 0 heterocycles. The monoisotopic (exact) mass is 480 g/mol. The van der Waals surface area contributed by atoms with E-state index in [9.17, 15) is 4.79 Å². The first-order valence-corrected chi connectivity index (χ1v) is 11.2. The molecule has 3 aliphatic carbocycles. The van der Waals surface area contributed by atoms with Gasteiger partial charge in [-0.05, 0) is 37.0 Å². The van der Waals surface area contributed by atoms with Crippen LogP contribution in [0.5, 0.6) is 0 Å². The zero-order chi connectivity index (χ0) is 19.7. The smallest absolute Gasteiger partial charge is 0.311 e. The third kappa shape index (κ3) is 2.84. The second-order valence-electron chi connectivity index (χ2n) is 8.27. The first-order valence-electron chi connectivity index (χ1n) is 8.90. The van der Waals surface area contributed by atoms with E-state index >= 15 is 0 Å². The van der Waals surface area contributed by atoms with Crippen molar-refractivity contribution in [1.82, 2.24) is 0 Å². The highest BCUT2D eigenvalue weighted by Crippen LogP contribution is 2.74. The number of hydrogen-bond donors (Lipinski definition) is 0. The van der Waals surface area contributed by atoms with Crippen molar-refractivity contribution in [3.63, 3.8) is 0 Å². The van der Waals surface area contributed by atoms with Gasteiger partial charge in [0.15, 0.2) is 4.33 Å². The lowest BCUT2D eigenvalue weighted by molar-refractivity contribution is -0.161. The van der Waals surface area contributed by atoms with Gasteiger partial charge in [-0.25, -0.2) is 0 Å². The van der Waals surface area contributed by atoms with E-state index in [-0.39, 0.29) is 22.6 Å². The molecular weight excluding hydrogens is 461 g/mol. The highest BCUT2D eigenvalue weighted by Gasteiger charge is 2.80. The summed E-state index contributed by atoms with van der Waals surface area (Å²) >= 11 is 38.8. The van der Waals surface area contributed by atoms with E-state index < -0.39 is 26.0 Å². The predicted octanol–water partition coefficient (Wildman–Crippen LogP) is 6.84. The van der Waals surface area contributed by atoms with E-state index in [2.05, 4.69) is 20.8 Å². The van der Waals surface area contributed by atoms with Crippen LogP contribution in [0.15, 0.2) is 10.1 Å². The van der Waals surface area contributed by atoms with Gasteiger partial charge in [0.1, 0.15) is 15.9 Å². The van der Waals surface area contributed by atoms with Crippen LogP contribution in [0, 0.1) is 23.7 Å². The van der Waals surface area contributed by atoms with Crippen LogP contribution >= 0.6 is 69.6 Å². The van der Waals surface area contributed by atoms with Gasteiger partial charge in [-0.3, -0.25) is 4.79 Å². The molecule has 0 amide bonds. The molecular formula is C18H22Cl6O2. The minimum Gasteiger partial charge on any atom is -0.462 e. The van der Waals surface area contributed by atoms with Crippen molar-refractivity contribution in [2.45, 2.75) is 66.6 Å². The molecule has 2 bridgehead atoms. The molecule has 26 heavy (non-hydrogen) atoms. The van der Waals surface area contributed by atoms with Crippen molar-refractivity contribution in [3.8, 4) is 0 Å². The summed E-state index contributed by atoms with van der Waals surface area (Å²) < 4.78 is 4.24. The molecule has 0 N–H and O–H groups in total. The third-order valence-corrected chi connectivity index (χ3v) is 10.6. The van der Waals surface area contributed by atoms with Gasteiger partial charge < -0.3 is 4.74 Å². The number of rotatable bonds is 3. The van der Waals surface area contributed by atoms with Crippen LogP contribution in [-0.2, 0) is 9.53 Å². The molecule has 3 aliphatic rings. The Bertz CT molecular complexity index is 648. The number of allylic oxidation sites excluding steroid dienone is 2. The molecule has 0 aromatic heterocycles. The molecule has 0 aliphatic heterocycles. The molecule has 8 heteroatoms. The molecule has 0 saturated heterocycles. The first kappa shape index (κ1) is 21.7. The minimum atomic E-state index is -1.70. The maximum absolute atomic E-state index is 13.1. The number of ether oxygens (including phenoxy) is 1. The Kier molecular flexibility index (Phi) is 5.85. The van der Waals surface area contributed by atoms with Crippen molar-refractivity contribution < 1.29 is 9.53 Å². The highest BCUT2D eigenvalue weighted by molar-refractivity contribution is 6.66. The van der Waals surface area contributed by atoms with E-state index in [4.69, 9.17) is 74.3 Å². The number of carbonyl (C=O) groups is 1. The molecule has 3 rings (SSSR count). The second-order valence-corrected chi connectivity index (χ2v) is 11.6. The summed E-state index contributed by atoms with van der Waals surface area (Å²) in [7, 11) is 0. The van der Waals surface area contributed by atoms with Gasteiger partial charge in [0.2, 0.25) is 0 Å². The number of halogens is 6. The zero-order valence-corrected chi connectivity index (χ0v) is 19.3. The van der Waals surface area contributed by atoms with Crippen molar-refractivity contribution in [2.24, 2.45) is 23.7 Å². The number of fused-ring (bicyclic) bond motifs is 2. The Labute approximate surface area is 184 Å². The number of esters is 1. The van der Waals surface area contributed by atoms with Crippen LogP contribution in [-0.4, -0.2) is 26.2 Å². The summed E-state index contributed by atoms with van der Waals surface area (Å²) in [6.07, 6.45) is 2.94. The Morgan fingerprint density at radius 3 is 2.23 bits per heavy atom. The van der Waals surface area contributed by atoms with Gasteiger partial charge >= 0.3 is 5.97 Å². The summed E-state index contributed by atoms with van der Waals surface area (Å²) in [4.78, 5) is 10.1. The molecule has 0 aromatic carbocycles. The average Bonchev–Trinajstić information content (AvgIpc) is 2.76. The SMILES string of the molecule is CC(C)[C@H]1CC[C@H](C)C[C@H]1OC(=O)[C@H]1CC2(Cl)C(Cl)=C(Cl)C1(Cl)C2(Cl)Cl. The maximum Gasteiger partial charge on any atom is 0.311 e. The Morgan fingerprint density at radius 1 is 1.12 bits per heavy atom. The van der Waals surface area contributed by atoms with Crippen LogP contribution < -0.4 is 0 Å². The van der Waals surface area contributed by atoms with Crippen molar-refractivity contribution in [2.75, 3.05) is 0 Å². The average molecular weight is 483 g/mol. The molecule has 2 fully saturated rings. The Balaban J connectivity index is 1.85. The van der Waals surface area contributed by atoms with E-state index in [0.717, 1.165) is 19.3 Å². The zero-order valence-electron chi connectivity index (χ0n) is 14.8. The number of carbonyl (C=O) groups excluding carboxylic acids is 1. The van der Waals surface area contributed by atoms with Gasteiger partial charge in [0.25, 0.3) is 0 Å². The molecule has 0 radical (unpaired) electrons. The standard InChI is InChI=1S/C18H22Cl6O2/c1-8(2)10-5-4-9(3)6-12(10)26-15(25)11-7-16(21)13(19)14(20)17(11,22)18(16,23)24/h8-12H,4-7H2,1-3H3/t9-,10+,11+,12+,16?,17?/m0/s1. The van der Waals surface area contributed by atoms with Gasteiger partial charge in [-0.15, -0.1) is 23.2 Å². The minimum absolute atomic E-state index is 0.0338. The van der Waals surface area contributed by atoms with Crippen molar-refractivity contribution >= 4 is 75.6 Å². The predicted molar refractivity (Wildman–Crippen MR) is 110 cm³/mol. The molecule has 0 aromatic rings. The number of hydrogen-bond acceptors (Lipinski definition) is 2. The van der Waals surface area contributed by atoms with E-state index in [1.165, 1.54) is 0 Å². The fraction of sp³-hybridized carbons (Fsp3) is 0.833. The third-order valence-electron chi connectivity index (χ3n) is 6.29. The van der Waals surface area contributed by atoms with E-state index in [1.807, 2.05) is 0 Å². The summed E-state index contributed by atoms with van der Waals surface area (Å²) in [6.45, 7) is 6.48. The Hall–Kier alpha value is 0.950. The van der Waals surface area contributed by atoms with Gasteiger partial charge in [-0.2, -0.15) is 0 Å². The fourth-order valence-corrected chi connectivity index (χ4v) is 7.39. The molecule has 148 valence electrons. The largest absolute Gasteiger partial charge is 0.462 e. The molecule has 2 saturated carbocycles. The van der Waals surface area contributed by atoms with Crippen LogP contribution in [0.25, 0.3) is 0 Å². The molecule has 2 unspecified atom stereocenters. The normalized spacial score (nSPS) is 44.7. The van der Waals surface area contributed by atoms with Gasteiger partial charge in [0, 0.05) is 0 Å². The fourth-order valence-electron chi connectivity index (χ4n) is 4.64. The number of alkyl halides is 4. The van der Waals surface area contributed by atoms with Gasteiger partial charge in [-0.1, -0.05) is 73.6 Å². The van der Waals surface area contributed by atoms with Crippen LogP contribution in [0.2, 0.25) is 0 Å². The first-order chi connectivity index (χ1) is 11.9. The summed E-state index contributed by atoms with van der Waals surface area (Å²) in [5.41, 5.74) is 0. The van der Waals surface area contributed by atoms with Gasteiger partial charge in [0.05, 0.1) is 16.0 Å². The lowest BCUT2D eigenvalue weighted by Gasteiger charge is -2.38. The Morgan fingerprint density at radius 2 is 1.73 bits per heavy atom. The second kappa shape index (κ2) is 7.03. The topological polar surface area (TPSA) is 26.3 Å². The van der Waals surface area contributed by atoms with Crippen molar-refractivity contribution in [1.29, 1.82) is 0 Å². The van der Waals surface area contributed by atoms with E-state index in [0.29, 0.717) is 17.8 Å². The quantitative estimate of drug-likeness (QED) is 0.325. The molecule has 0 spiro atoms. The van der Waals surface area contributed by atoms with E-state index in [1.54, 1.807) is 0 Å². The van der Waals surface area contributed by atoms with Crippen LogP contribution in [0.4, 0.5) is 0 Å². The van der Waals surface area contributed by atoms with Crippen LogP contribution in [0.1, 0.15) is 46.5 Å².